The summed E-state index contributed by atoms with van der Waals surface area (Å²) in [6, 6.07) is 5.27. The molecule has 0 spiro atoms. The minimum absolute atomic E-state index is 0.176. The van der Waals surface area contributed by atoms with Gasteiger partial charge in [0.2, 0.25) is 0 Å². The fourth-order valence-corrected chi connectivity index (χ4v) is 1.58. The van der Waals surface area contributed by atoms with Crippen LogP contribution in [0.4, 0.5) is 0 Å². The maximum Gasteiger partial charge on any atom is 0.163 e. The summed E-state index contributed by atoms with van der Waals surface area (Å²) in [7, 11) is 1.55. The SMILES string of the molecule is COc1cc(-n2cnnc2CO)ccc1Cl. The van der Waals surface area contributed by atoms with Crippen molar-refractivity contribution in [1.29, 1.82) is 0 Å². The van der Waals surface area contributed by atoms with E-state index in [1.165, 1.54) is 6.33 Å². The van der Waals surface area contributed by atoms with E-state index in [1.807, 2.05) is 0 Å². The number of aliphatic hydroxyl groups excluding tert-OH is 1. The van der Waals surface area contributed by atoms with Gasteiger partial charge in [-0.2, -0.15) is 0 Å². The second kappa shape index (κ2) is 4.51. The van der Waals surface area contributed by atoms with Crippen LogP contribution in [-0.4, -0.2) is 27.0 Å². The summed E-state index contributed by atoms with van der Waals surface area (Å²) in [5.41, 5.74) is 0.787. The lowest BCUT2D eigenvalue weighted by molar-refractivity contribution is 0.269. The number of halogens is 1. The summed E-state index contributed by atoms with van der Waals surface area (Å²) in [6.07, 6.45) is 1.52. The molecule has 0 radical (unpaired) electrons. The maximum absolute atomic E-state index is 9.07. The van der Waals surface area contributed by atoms with Crippen LogP contribution in [0.1, 0.15) is 5.82 Å². The first kappa shape index (κ1) is 10.9. The van der Waals surface area contributed by atoms with Gasteiger partial charge in [-0.15, -0.1) is 10.2 Å². The Hall–Kier alpha value is -1.59. The van der Waals surface area contributed by atoms with Crippen LogP contribution in [0.5, 0.6) is 5.75 Å². The Balaban J connectivity index is 2.48. The molecule has 0 amide bonds. The molecule has 6 heteroatoms. The van der Waals surface area contributed by atoms with E-state index in [9.17, 15) is 0 Å². The summed E-state index contributed by atoms with van der Waals surface area (Å²) < 4.78 is 6.77. The fraction of sp³-hybridized carbons (Fsp3) is 0.200. The second-order valence-corrected chi connectivity index (χ2v) is 3.50. The van der Waals surface area contributed by atoms with Crippen molar-refractivity contribution in [1.82, 2.24) is 14.8 Å². The Kier molecular flexibility index (Phi) is 3.07. The number of hydrogen-bond acceptors (Lipinski definition) is 4. The van der Waals surface area contributed by atoms with Crippen LogP contribution in [0.2, 0.25) is 5.02 Å². The van der Waals surface area contributed by atoms with Gasteiger partial charge in [-0.05, 0) is 12.1 Å². The lowest BCUT2D eigenvalue weighted by Gasteiger charge is -2.08. The summed E-state index contributed by atoms with van der Waals surface area (Å²) in [5, 5.41) is 17.1. The molecule has 0 unspecified atom stereocenters. The lowest BCUT2D eigenvalue weighted by atomic mass is 10.3. The Bertz CT molecular complexity index is 499. The van der Waals surface area contributed by atoms with Crippen molar-refractivity contribution in [3.63, 3.8) is 0 Å². The second-order valence-electron chi connectivity index (χ2n) is 3.09. The molecule has 2 aromatic rings. The van der Waals surface area contributed by atoms with E-state index in [0.717, 1.165) is 5.69 Å². The molecule has 1 N–H and O–H groups in total. The fourth-order valence-electron chi connectivity index (χ4n) is 1.38. The highest BCUT2D eigenvalue weighted by Gasteiger charge is 2.07. The first-order valence-electron chi connectivity index (χ1n) is 4.60. The van der Waals surface area contributed by atoms with Gasteiger partial charge in [0.1, 0.15) is 18.7 Å². The zero-order chi connectivity index (χ0) is 11.5. The van der Waals surface area contributed by atoms with Crippen molar-refractivity contribution in [2.75, 3.05) is 7.11 Å². The van der Waals surface area contributed by atoms with Crippen LogP contribution < -0.4 is 4.74 Å². The summed E-state index contributed by atoms with van der Waals surface area (Å²) in [4.78, 5) is 0. The quantitative estimate of drug-likeness (QED) is 0.880. The molecule has 0 saturated carbocycles. The van der Waals surface area contributed by atoms with E-state index < -0.39 is 0 Å². The van der Waals surface area contributed by atoms with Gasteiger partial charge in [-0.25, -0.2) is 0 Å². The monoisotopic (exact) mass is 239 g/mol. The summed E-state index contributed by atoms with van der Waals surface area (Å²) >= 11 is 5.92. The molecule has 2 rings (SSSR count). The highest BCUT2D eigenvalue weighted by Crippen LogP contribution is 2.26. The van der Waals surface area contributed by atoms with Crippen LogP contribution in [0.15, 0.2) is 24.5 Å². The van der Waals surface area contributed by atoms with E-state index in [0.29, 0.717) is 16.6 Å². The molecule has 0 aliphatic heterocycles. The van der Waals surface area contributed by atoms with Crippen molar-refractivity contribution in [3.8, 4) is 11.4 Å². The Morgan fingerprint density at radius 3 is 3.00 bits per heavy atom. The van der Waals surface area contributed by atoms with E-state index in [4.69, 9.17) is 21.4 Å². The van der Waals surface area contributed by atoms with Gasteiger partial charge in [0.15, 0.2) is 5.82 Å². The van der Waals surface area contributed by atoms with Gasteiger partial charge in [0.25, 0.3) is 0 Å². The molecule has 5 nitrogen and oxygen atoms in total. The van der Waals surface area contributed by atoms with Gasteiger partial charge >= 0.3 is 0 Å². The van der Waals surface area contributed by atoms with Crippen LogP contribution in [0.25, 0.3) is 5.69 Å². The predicted molar refractivity (Wildman–Crippen MR) is 58.8 cm³/mol. The molecule has 1 heterocycles. The molecular formula is C10H10ClN3O2. The van der Waals surface area contributed by atoms with E-state index in [1.54, 1.807) is 29.9 Å². The van der Waals surface area contributed by atoms with E-state index in [2.05, 4.69) is 10.2 Å². The van der Waals surface area contributed by atoms with Crippen LogP contribution in [0.3, 0.4) is 0 Å². The zero-order valence-corrected chi connectivity index (χ0v) is 9.35. The molecule has 1 aromatic heterocycles. The average molecular weight is 240 g/mol. The van der Waals surface area contributed by atoms with E-state index >= 15 is 0 Å². The van der Waals surface area contributed by atoms with Gasteiger partial charge in [-0.1, -0.05) is 11.6 Å². The molecule has 84 valence electrons. The summed E-state index contributed by atoms with van der Waals surface area (Å²) in [6.45, 7) is -0.176. The Labute approximate surface area is 97.3 Å². The highest BCUT2D eigenvalue weighted by molar-refractivity contribution is 6.32. The lowest BCUT2D eigenvalue weighted by Crippen LogP contribution is -2.00. The topological polar surface area (TPSA) is 60.2 Å². The number of nitrogens with zero attached hydrogens (tertiary/aromatic N) is 3. The van der Waals surface area contributed by atoms with Gasteiger partial charge in [0, 0.05) is 6.07 Å². The molecule has 16 heavy (non-hydrogen) atoms. The van der Waals surface area contributed by atoms with Crippen molar-refractivity contribution < 1.29 is 9.84 Å². The minimum Gasteiger partial charge on any atom is -0.495 e. The van der Waals surface area contributed by atoms with Crippen molar-refractivity contribution in [2.24, 2.45) is 0 Å². The molecule has 0 saturated heterocycles. The number of methoxy groups -OCH3 is 1. The van der Waals surface area contributed by atoms with Gasteiger partial charge in [0.05, 0.1) is 17.8 Å². The maximum atomic E-state index is 9.07. The normalized spacial score (nSPS) is 10.4. The Morgan fingerprint density at radius 1 is 1.50 bits per heavy atom. The standard InChI is InChI=1S/C10H10ClN3O2/c1-16-9-4-7(2-3-8(9)11)14-6-12-13-10(14)5-15/h2-4,6,15H,5H2,1H3. The molecule has 0 aliphatic carbocycles. The highest BCUT2D eigenvalue weighted by atomic mass is 35.5. The molecular weight excluding hydrogens is 230 g/mol. The van der Waals surface area contributed by atoms with Crippen molar-refractivity contribution in [3.05, 3.63) is 35.4 Å². The first-order chi connectivity index (χ1) is 7.76. The number of benzene rings is 1. The smallest absolute Gasteiger partial charge is 0.163 e. The van der Waals surface area contributed by atoms with Crippen LogP contribution in [-0.2, 0) is 6.61 Å². The number of hydrogen-bond donors (Lipinski definition) is 1. The molecule has 0 atom stereocenters. The van der Waals surface area contributed by atoms with Crippen LogP contribution >= 0.6 is 11.6 Å². The molecule has 0 bridgehead atoms. The largest absolute Gasteiger partial charge is 0.495 e. The van der Waals surface area contributed by atoms with Gasteiger partial charge in [-0.3, -0.25) is 4.57 Å². The number of aliphatic hydroxyl groups is 1. The number of ether oxygens (including phenoxy) is 1. The third kappa shape index (κ3) is 1.87. The zero-order valence-electron chi connectivity index (χ0n) is 8.59. The molecule has 0 aliphatic rings. The third-order valence-corrected chi connectivity index (χ3v) is 2.48. The van der Waals surface area contributed by atoms with E-state index in [-0.39, 0.29) is 6.61 Å². The van der Waals surface area contributed by atoms with Gasteiger partial charge < -0.3 is 9.84 Å². The molecule has 0 fully saturated rings. The minimum atomic E-state index is -0.176. The number of aromatic nitrogens is 3. The van der Waals surface area contributed by atoms with Crippen molar-refractivity contribution >= 4 is 11.6 Å². The number of rotatable bonds is 3. The first-order valence-corrected chi connectivity index (χ1v) is 4.97. The van der Waals surface area contributed by atoms with Crippen molar-refractivity contribution in [2.45, 2.75) is 6.61 Å². The third-order valence-electron chi connectivity index (χ3n) is 2.17. The molecule has 1 aromatic carbocycles. The average Bonchev–Trinajstić information content (AvgIpc) is 2.78. The summed E-state index contributed by atoms with van der Waals surface area (Å²) in [5.74, 6) is 1.03. The Morgan fingerprint density at radius 2 is 2.31 bits per heavy atom. The predicted octanol–water partition coefficient (Wildman–Crippen LogP) is 1.42. The van der Waals surface area contributed by atoms with Crippen LogP contribution in [0, 0.1) is 0 Å².